The van der Waals surface area contributed by atoms with Crippen molar-refractivity contribution in [2.24, 2.45) is 0 Å². The first-order valence-electron chi connectivity index (χ1n) is 13.8. The van der Waals surface area contributed by atoms with Gasteiger partial charge in [0, 0.05) is 47.2 Å². The number of nitrogens with one attached hydrogen (secondary N) is 2. The number of allylic oxidation sites excluding steroid dienone is 2. The van der Waals surface area contributed by atoms with Gasteiger partial charge in [-0.2, -0.15) is 15.2 Å². The summed E-state index contributed by atoms with van der Waals surface area (Å²) in [6.45, 7) is 2.39. The van der Waals surface area contributed by atoms with Crippen molar-refractivity contribution in [1.29, 1.82) is 0 Å². The van der Waals surface area contributed by atoms with Crippen LogP contribution in [0.1, 0.15) is 48.8 Å². The number of rotatable bonds is 7. The van der Waals surface area contributed by atoms with Crippen molar-refractivity contribution in [3.8, 4) is 12.3 Å². The number of pyridine rings is 1. The molecule has 1 aromatic carbocycles. The molecule has 0 saturated carbocycles. The standard InChI is InChI=1S/C31H32N8O/c1-3-21-16-23-17-33-31(36-25-8-10-26(11-9-25)38(2)27-12-14-32-15-13-27)37-29(23)39(30(21)40)20-24-18-34-35-19-28(24)22-6-4-5-7-22/h1,6,8-11,16-19,27,32H,4-5,7,12-15,20H2,2H3,(H,33,36,37). The van der Waals surface area contributed by atoms with Gasteiger partial charge in [0.05, 0.1) is 24.5 Å². The molecule has 2 N–H and O–H groups in total. The monoisotopic (exact) mass is 532 g/mol. The Morgan fingerprint density at radius 3 is 2.70 bits per heavy atom. The Morgan fingerprint density at radius 2 is 1.95 bits per heavy atom. The van der Waals surface area contributed by atoms with E-state index in [4.69, 9.17) is 11.4 Å². The molecular formula is C31H32N8O. The Morgan fingerprint density at radius 1 is 1.15 bits per heavy atom. The van der Waals surface area contributed by atoms with Crippen LogP contribution in [-0.4, -0.2) is 50.9 Å². The van der Waals surface area contributed by atoms with Crippen molar-refractivity contribution in [1.82, 2.24) is 30.0 Å². The molecule has 1 aliphatic carbocycles. The summed E-state index contributed by atoms with van der Waals surface area (Å²) >= 11 is 0. The van der Waals surface area contributed by atoms with E-state index in [9.17, 15) is 4.79 Å². The van der Waals surface area contributed by atoms with Gasteiger partial charge in [0.15, 0.2) is 0 Å². The lowest BCUT2D eigenvalue weighted by Gasteiger charge is -2.33. The summed E-state index contributed by atoms with van der Waals surface area (Å²) in [5, 5.41) is 15.6. The van der Waals surface area contributed by atoms with E-state index in [-0.39, 0.29) is 17.7 Å². The van der Waals surface area contributed by atoms with Gasteiger partial charge >= 0.3 is 0 Å². The molecule has 202 valence electrons. The third-order valence-electron chi connectivity index (χ3n) is 7.90. The zero-order valence-electron chi connectivity index (χ0n) is 22.6. The number of hydrogen-bond acceptors (Lipinski definition) is 8. The normalized spacial score (nSPS) is 15.6. The van der Waals surface area contributed by atoms with Crippen LogP contribution in [0.2, 0.25) is 0 Å². The largest absolute Gasteiger partial charge is 0.372 e. The Kier molecular flexibility index (Phi) is 7.25. The highest BCUT2D eigenvalue weighted by Crippen LogP contribution is 2.30. The molecule has 3 aromatic heterocycles. The number of benzene rings is 1. The minimum atomic E-state index is -0.270. The summed E-state index contributed by atoms with van der Waals surface area (Å²) in [6, 6.07) is 10.5. The molecule has 2 aliphatic rings. The Hall–Kier alpha value is -4.55. The molecule has 40 heavy (non-hydrogen) atoms. The molecule has 0 amide bonds. The van der Waals surface area contributed by atoms with Gasteiger partial charge in [-0.15, -0.1) is 6.42 Å². The van der Waals surface area contributed by atoms with Crippen molar-refractivity contribution in [3.63, 3.8) is 0 Å². The first-order valence-corrected chi connectivity index (χ1v) is 13.8. The van der Waals surface area contributed by atoms with Crippen LogP contribution in [0.25, 0.3) is 16.6 Å². The van der Waals surface area contributed by atoms with E-state index >= 15 is 0 Å². The second kappa shape index (κ2) is 11.3. The van der Waals surface area contributed by atoms with Gasteiger partial charge in [-0.25, -0.2) is 4.98 Å². The van der Waals surface area contributed by atoms with Crippen LogP contribution < -0.4 is 21.1 Å². The lowest BCUT2D eigenvalue weighted by molar-refractivity contribution is 0.443. The van der Waals surface area contributed by atoms with E-state index in [1.165, 1.54) is 11.3 Å². The highest BCUT2D eigenvalue weighted by molar-refractivity contribution is 5.78. The van der Waals surface area contributed by atoms with Crippen LogP contribution in [0.15, 0.2) is 59.8 Å². The summed E-state index contributed by atoms with van der Waals surface area (Å²) in [5.41, 5.74) is 5.70. The molecule has 6 rings (SSSR count). The molecule has 4 heterocycles. The smallest absolute Gasteiger partial charge is 0.268 e. The van der Waals surface area contributed by atoms with Crippen LogP contribution in [0.5, 0.6) is 0 Å². The molecule has 0 atom stereocenters. The Bertz CT molecular complexity index is 1660. The highest BCUT2D eigenvalue weighted by Gasteiger charge is 2.19. The van der Waals surface area contributed by atoms with E-state index in [1.54, 1.807) is 29.2 Å². The SMILES string of the molecule is C#Cc1cc2cnc(Nc3ccc(N(C)C4CCNCC4)cc3)nc2n(Cc2cnncc2C2=CCCC2)c1=O. The fourth-order valence-corrected chi connectivity index (χ4v) is 5.63. The average Bonchev–Trinajstić information content (AvgIpc) is 3.54. The molecular weight excluding hydrogens is 500 g/mol. The molecule has 0 radical (unpaired) electrons. The fraction of sp³-hybridized carbons (Fsp3) is 0.323. The summed E-state index contributed by atoms with van der Waals surface area (Å²) in [4.78, 5) is 25.1. The number of aromatic nitrogens is 5. The Balaban J connectivity index is 1.31. The molecule has 4 aromatic rings. The number of piperidine rings is 1. The van der Waals surface area contributed by atoms with Gasteiger partial charge in [-0.1, -0.05) is 12.0 Å². The van der Waals surface area contributed by atoms with Crippen molar-refractivity contribution in [2.75, 3.05) is 30.4 Å². The maximum absolute atomic E-state index is 13.4. The number of nitrogens with zero attached hydrogens (tertiary/aromatic N) is 6. The van der Waals surface area contributed by atoms with Crippen LogP contribution >= 0.6 is 0 Å². The number of terminal acetylenes is 1. The average molecular weight is 533 g/mol. The van der Waals surface area contributed by atoms with Gasteiger partial charge in [-0.05, 0) is 81.1 Å². The predicted octanol–water partition coefficient (Wildman–Crippen LogP) is 4.11. The molecule has 1 fully saturated rings. The van der Waals surface area contributed by atoms with E-state index in [1.807, 2.05) is 12.1 Å². The maximum Gasteiger partial charge on any atom is 0.268 e. The quantitative estimate of drug-likeness (QED) is 0.343. The lowest BCUT2D eigenvalue weighted by atomic mass is 10.0. The first-order chi connectivity index (χ1) is 19.6. The van der Waals surface area contributed by atoms with Crippen molar-refractivity contribution in [3.05, 3.63) is 82.0 Å². The fourth-order valence-electron chi connectivity index (χ4n) is 5.63. The van der Waals surface area contributed by atoms with Gasteiger partial charge in [0.2, 0.25) is 5.95 Å². The summed E-state index contributed by atoms with van der Waals surface area (Å²) in [6.07, 6.45) is 18.5. The topological polar surface area (TPSA) is 101 Å². The third kappa shape index (κ3) is 5.18. The third-order valence-corrected chi connectivity index (χ3v) is 7.90. The van der Waals surface area contributed by atoms with Crippen molar-refractivity contribution in [2.45, 2.75) is 44.7 Å². The molecule has 1 saturated heterocycles. The lowest BCUT2D eigenvalue weighted by Crippen LogP contribution is -2.41. The van der Waals surface area contributed by atoms with Crippen molar-refractivity contribution < 1.29 is 0 Å². The molecule has 0 bridgehead atoms. The van der Waals surface area contributed by atoms with Crippen LogP contribution in [0, 0.1) is 12.3 Å². The number of hydrogen-bond donors (Lipinski definition) is 2. The molecule has 9 heteroatoms. The Labute approximate surface area is 233 Å². The van der Waals surface area contributed by atoms with Gasteiger partial charge in [0.1, 0.15) is 5.65 Å². The minimum absolute atomic E-state index is 0.270. The van der Waals surface area contributed by atoms with E-state index in [0.717, 1.165) is 62.0 Å². The number of fused-ring (bicyclic) bond motifs is 1. The summed E-state index contributed by atoms with van der Waals surface area (Å²) in [5.74, 6) is 2.93. The zero-order chi connectivity index (χ0) is 27.5. The highest BCUT2D eigenvalue weighted by atomic mass is 16.1. The second-order valence-corrected chi connectivity index (χ2v) is 10.4. The van der Waals surface area contributed by atoms with Crippen LogP contribution in [-0.2, 0) is 6.54 Å². The van der Waals surface area contributed by atoms with Gasteiger partial charge in [0.25, 0.3) is 5.56 Å². The molecule has 0 unspecified atom stereocenters. The maximum atomic E-state index is 13.4. The summed E-state index contributed by atoms with van der Waals surface area (Å²) in [7, 11) is 2.15. The molecule has 9 nitrogen and oxygen atoms in total. The van der Waals surface area contributed by atoms with E-state index in [2.05, 4.69) is 61.9 Å². The molecule has 1 aliphatic heterocycles. The van der Waals surface area contributed by atoms with Crippen LogP contribution in [0.3, 0.4) is 0 Å². The van der Waals surface area contributed by atoms with E-state index < -0.39 is 0 Å². The van der Waals surface area contributed by atoms with Gasteiger partial charge < -0.3 is 15.5 Å². The minimum Gasteiger partial charge on any atom is -0.372 e. The second-order valence-electron chi connectivity index (χ2n) is 10.4. The van der Waals surface area contributed by atoms with Gasteiger partial charge in [-0.3, -0.25) is 9.36 Å². The number of anilines is 3. The predicted molar refractivity (Wildman–Crippen MR) is 159 cm³/mol. The summed E-state index contributed by atoms with van der Waals surface area (Å²) < 4.78 is 1.62. The zero-order valence-corrected chi connectivity index (χ0v) is 22.6. The van der Waals surface area contributed by atoms with E-state index in [0.29, 0.717) is 23.0 Å². The van der Waals surface area contributed by atoms with Crippen molar-refractivity contribution >= 4 is 33.9 Å². The van der Waals surface area contributed by atoms with Crippen LogP contribution in [0.4, 0.5) is 17.3 Å². The first kappa shape index (κ1) is 25.7. The molecule has 0 spiro atoms.